The summed E-state index contributed by atoms with van der Waals surface area (Å²) in [5, 5.41) is 18.3. The highest BCUT2D eigenvalue weighted by molar-refractivity contribution is 8.48. The number of allylic oxidation sites excluding steroid dienone is 7. The Labute approximate surface area is 274 Å². The largest absolute Gasteiger partial charge is 0.192 e. The second kappa shape index (κ2) is 17.9. The third-order valence-electron chi connectivity index (χ3n) is 6.25. The van der Waals surface area contributed by atoms with E-state index in [1.807, 2.05) is 88.8 Å². The minimum Gasteiger partial charge on any atom is -0.192 e. The van der Waals surface area contributed by atoms with Gasteiger partial charge in [0.25, 0.3) is 0 Å². The van der Waals surface area contributed by atoms with Crippen LogP contribution in [0.2, 0.25) is 0 Å². The van der Waals surface area contributed by atoms with Crippen LogP contribution in [0.25, 0.3) is 0 Å². The second-order valence-electron chi connectivity index (χ2n) is 9.32. The Hall–Kier alpha value is -0.0400. The highest BCUT2D eigenvalue weighted by Crippen LogP contribution is 2.67. The Morgan fingerprint density at radius 1 is 0.700 bits per heavy atom. The fourth-order valence-corrected chi connectivity index (χ4v) is 16.1. The molecular weight excluding hydrogens is 645 g/mol. The summed E-state index contributed by atoms with van der Waals surface area (Å²) in [5.74, 6) is 2.47. The molecular formula is C30H34N2S8. The van der Waals surface area contributed by atoms with E-state index in [2.05, 4.69) is 55.6 Å². The summed E-state index contributed by atoms with van der Waals surface area (Å²) in [6.45, 7) is 4.56. The molecule has 3 heterocycles. The third kappa shape index (κ3) is 9.74. The molecule has 0 N–H and O–H groups in total. The molecule has 0 unspecified atom stereocenters. The number of thioether (sulfide) groups is 8. The maximum Gasteiger partial charge on any atom is 0.132 e. The average molecular weight is 679 g/mol. The summed E-state index contributed by atoms with van der Waals surface area (Å²) in [6, 6.07) is 4.04. The fourth-order valence-electron chi connectivity index (χ4n) is 4.04. The minimum atomic E-state index is 0.242. The Balaban J connectivity index is 1.31. The van der Waals surface area contributed by atoms with Crippen LogP contribution in [-0.2, 0) is 0 Å². The molecule has 10 heteroatoms. The van der Waals surface area contributed by atoms with Crippen LogP contribution in [0.5, 0.6) is 0 Å². The fraction of sp³-hybridized carbons (Fsp3) is 0.467. The first kappa shape index (κ1) is 32.9. The molecule has 3 aliphatic heterocycles. The lowest BCUT2D eigenvalue weighted by atomic mass is 9.95. The molecule has 4 aliphatic rings. The van der Waals surface area contributed by atoms with E-state index in [4.69, 9.17) is 10.5 Å². The van der Waals surface area contributed by atoms with Gasteiger partial charge < -0.3 is 0 Å². The first-order chi connectivity index (χ1) is 19.6. The molecule has 0 amide bonds. The lowest BCUT2D eigenvalue weighted by Crippen LogP contribution is -1.95. The molecule has 0 fully saturated rings. The van der Waals surface area contributed by atoms with Gasteiger partial charge in [-0.05, 0) is 60.5 Å². The van der Waals surface area contributed by atoms with E-state index < -0.39 is 0 Å². The Morgan fingerprint density at radius 2 is 1.25 bits per heavy atom. The molecule has 0 radical (unpaired) electrons. The Bertz CT molecular complexity index is 1190. The number of nitrogens with zero attached hydrogens (tertiary/aromatic N) is 2. The zero-order chi connectivity index (χ0) is 28.2. The summed E-state index contributed by atoms with van der Waals surface area (Å²) in [7, 11) is 0. The number of rotatable bonds is 13. The first-order valence-corrected chi connectivity index (χ1v) is 20.7. The average Bonchev–Trinajstić information content (AvgIpc) is 3.66. The van der Waals surface area contributed by atoms with E-state index in [9.17, 15) is 0 Å². The van der Waals surface area contributed by atoms with Crippen LogP contribution < -0.4 is 0 Å². The summed E-state index contributed by atoms with van der Waals surface area (Å²) in [6.07, 6.45) is 21.0. The molecule has 0 atom stereocenters. The lowest BCUT2D eigenvalue weighted by molar-refractivity contribution is 0.707. The van der Waals surface area contributed by atoms with Crippen molar-refractivity contribution in [3.63, 3.8) is 0 Å². The number of hydrogen-bond acceptors (Lipinski definition) is 10. The van der Waals surface area contributed by atoms with Crippen molar-refractivity contribution in [2.75, 3.05) is 11.5 Å². The van der Waals surface area contributed by atoms with Crippen molar-refractivity contribution in [1.29, 1.82) is 10.5 Å². The summed E-state index contributed by atoms with van der Waals surface area (Å²) >= 11 is 15.7. The molecule has 0 aromatic rings. The van der Waals surface area contributed by atoms with Crippen LogP contribution in [0.15, 0.2) is 70.7 Å². The van der Waals surface area contributed by atoms with E-state index in [0.717, 1.165) is 18.4 Å². The van der Waals surface area contributed by atoms with Crippen LogP contribution in [0, 0.1) is 22.7 Å². The molecule has 0 saturated carbocycles. The molecule has 40 heavy (non-hydrogen) atoms. The summed E-state index contributed by atoms with van der Waals surface area (Å²) in [5.41, 5.74) is 2.42. The van der Waals surface area contributed by atoms with E-state index in [1.54, 1.807) is 0 Å². The van der Waals surface area contributed by atoms with Crippen molar-refractivity contribution in [3.05, 3.63) is 70.7 Å². The predicted molar refractivity (Wildman–Crippen MR) is 193 cm³/mol. The quantitative estimate of drug-likeness (QED) is 0.139. The van der Waals surface area contributed by atoms with Gasteiger partial charge in [0.05, 0.1) is 29.7 Å². The van der Waals surface area contributed by atoms with E-state index in [-0.39, 0.29) is 5.57 Å². The topological polar surface area (TPSA) is 47.6 Å². The van der Waals surface area contributed by atoms with E-state index >= 15 is 0 Å². The van der Waals surface area contributed by atoms with Crippen LogP contribution in [0.3, 0.4) is 0 Å². The molecule has 0 spiro atoms. The van der Waals surface area contributed by atoms with Gasteiger partial charge >= 0.3 is 0 Å². The van der Waals surface area contributed by atoms with Crippen molar-refractivity contribution in [3.8, 4) is 12.1 Å². The zero-order valence-electron chi connectivity index (χ0n) is 23.0. The second-order valence-corrected chi connectivity index (χ2v) is 19.6. The van der Waals surface area contributed by atoms with Gasteiger partial charge in [0.15, 0.2) is 0 Å². The van der Waals surface area contributed by atoms with Gasteiger partial charge in [-0.25, -0.2) is 0 Å². The molecule has 2 nitrogen and oxygen atoms in total. The van der Waals surface area contributed by atoms with Gasteiger partial charge in [-0.2, -0.15) is 10.5 Å². The van der Waals surface area contributed by atoms with Crippen LogP contribution in [0.4, 0.5) is 0 Å². The van der Waals surface area contributed by atoms with Gasteiger partial charge in [-0.15, -0.1) is 23.5 Å². The summed E-state index contributed by atoms with van der Waals surface area (Å²) in [4.78, 5) is 0. The number of nitriles is 2. The van der Waals surface area contributed by atoms with E-state index in [0.29, 0.717) is 0 Å². The molecule has 1 aliphatic carbocycles. The SMILES string of the molecule is CCCCCCSC1=C(SCCCCCC)SC(=CC=C2SC3=C(S2)SC(=C2C=CC(=C(C#N)C#N)CC2)S3)S1. The van der Waals surface area contributed by atoms with Gasteiger partial charge in [-0.1, -0.05) is 135 Å². The van der Waals surface area contributed by atoms with Crippen molar-refractivity contribution >= 4 is 94.1 Å². The maximum atomic E-state index is 9.14. The highest BCUT2D eigenvalue weighted by Gasteiger charge is 2.31. The van der Waals surface area contributed by atoms with Gasteiger partial charge in [0, 0.05) is 0 Å². The van der Waals surface area contributed by atoms with E-state index in [1.165, 1.54) is 98.1 Å². The van der Waals surface area contributed by atoms with Crippen molar-refractivity contribution in [2.24, 2.45) is 0 Å². The van der Waals surface area contributed by atoms with Crippen LogP contribution in [0.1, 0.15) is 78.1 Å². The molecule has 0 saturated heterocycles. The maximum absolute atomic E-state index is 9.14. The highest BCUT2D eigenvalue weighted by atomic mass is 32.3. The monoisotopic (exact) mass is 678 g/mol. The predicted octanol–water partition coefficient (Wildman–Crippen LogP) is 12.9. The molecule has 212 valence electrons. The van der Waals surface area contributed by atoms with Crippen molar-refractivity contribution < 1.29 is 0 Å². The van der Waals surface area contributed by atoms with Crippen LogP contribution in [-0.4, -0.2) is 11.5 Å². The number of unbranched alkanes of at least 4 members (excludes halogenated alkanes) is 6. The lowest BCUT2D eigenvalue weighted by Gasteiger charge is -2.13. The van der Waals surface area contributed by atoms with Gasteiger partial charge in [-0.3, -0.25) is 0 Å². The van der Waals surface area contributed by atoms with Crippen molar-refractivity contribution in [2.45, 2.75) is 78.1 Å². The van der Waals surface area contributed by atoms with Gasteiger partial charge in [0.1, 0.15) is 17.7 Å². The van der Waals surface area contributed by atoms with Crippen molar-refractivity contribution in [1.82, 2.24) is 0 Å². The summed E-state index contributed by atoms with van der Waals surface area (Å²) < 4.78 is 9.94. The third-order valence-corrected chi connectivity index (χ3v) is 17.5. The Morgan fingerprint density at radius 3 is 1.73 bits per heavy atom. The molecule has 0 aromatic carbocycles. The zero-order valence-corrected chi connectivity index (χ0v) is 29.5. The normalized spacial score (nSPS) is 18.6. The van der Waals surface area contributed by atoms with Crippen LogP contribution >= 0.6 is 94.1 Å². The Kier molecular flexibility index (Phi) is 14.7. The molecule has 0 aromatic heterocycles. The smallest absolute Gasteiger partial charge is 0.132 e. The first-order valence-electron chi connectivity index (χ1n) is 13.8. The number of hydrogen-bond donors (Lipinski definition) is 0. The molecule has 4 rings (SSSR count). The standard InChI is InChI=1S/C30H34N2S8/c1-3-5-7-9-17-33-27-28(34-18-10-8-6-4-2)36-24(35-27)15-16-25-37-29-30(38-25)40-26(39-29)22-13-11-21(12-14-22)23(19-31)20-32/h11,13,15-16H,3-10,12,14,17-18H2,1-2H3. The molecule has 0 bridgehead atoms. The van der Waals surface area contributed by atoms with Gasteiger partial charge in [0.2, 0.25) is 0 Å². The minimum absolute atomic E-state index is 0.242.